The number of rotatable bonds is 6. The minimum Gasteiger partial charge on any atom is -0.378 e. The third kappa shape index (κ3) is 5.11. The van der Waals surface area contributed by atoms with Crippen molar-refractivity contribution in [1.82, 2.24) is 19.3 Å². The van der Waals surface area contributed by atoms with E-state index in [0.717, 1.165) is 48.8 Å². The molecule has 7 nitrogen and oxygen atoms in total. The zero-order valence-corrected chi connectivity index (χ0v) is 19.5. The van der Waals surface area contributed by atoms with Crippen molar-refractivity contribution < 1.29 is 14.3 Å². The molecule has 2 aliphatic heterocycles. The van der Waals surface area contributed by atoms with Gasteiger partial charge in [0.1, 0.15) is 0 Å². The van der Waals surface area contributed by atoms with Crippen molar-refractivity contribution in [3.05, 3.63) is 52.8 Å². The maximum atomic E-state index is 13.1. The number of Topliss-reactive ketones (excluding diaryl/α,β-unsaturated/α-hetero) is 1. The molecule has 7 heteroatoms. The third-order valence-corrected chi connectivity index (χ3v) is 6.58. The fraction of sp³-hybridized carbons (Fsp3) is 0.520. The standard InChI is InChI=1S/C25H34N4O3/c1-19-4-6-22(7-5-19)29-20(2)16-23(21(29)3)24(30)17-26-8-10-27(11-9-26)18-25(31)28-12-14-32-15-13-28/h4-7,16H,8-15,17-18H2,1-3H3. The van der Waals surface area contributed by atoms with E-state index in [0.29, 0.717) is 39.4 Å². The van der Waals surface area contributed by atoms with Crippen LogP contribution in [0.2, 0.25) is 0 Å². The number of ether oxygens (including phenoxy) is 1. The third-order valence-electron chi connectivity index (χ3n) is 6.58. The summed E-state index contributed by atoms with van der Waals surface area (Å²) in [5.41, 5.74) is 5.17. The van der Waals surface area contributed by atoms with E-state index in [2.05, 4.69) is 45.6 Å². The molecule has 0 aliphatic carbocycles. The van der Waals surface area contributed by atoms with Gasteiger partial charge in [-0.05, 0) is 39.0 Å². The number of nitrogens with zero attached hydrogens (tertiary/aromatic N) is 4. The second-order valence-electron chi connectivity index (χ2n) is 8.92. The van der Waals surface area contributed by atoms with Crippen molar-refractivity contribution in [3.63, 3.8) is 0 Å². The number of ketones is 1. The summed E-state index contributed by atoms with van der Waals surface area (Å²) in [5, 5.41) is 0. The first-order chi connectivity index (χ1) is 15.4. The minimum absolute atomic E-state index is 0.161. The van der Waals surface area contributed by atoms with Crippen LogP contribution in [0.1, 0.15) is 27.3 Å². The molecule has 1 aromatic heterocycles. The number of hydrogen-bond donors (Lipinski definition) is 0. The molecule has 1 aromatic carbocycles. The van der Waals surface area contributed by atoms with E-state index in [1.54, 1.807) is 0 Å². The Kier molecular flexibility index (Phi) is 7.08. The molecule has 2 aromatic rings. The molecule has 3 heterocycles. The SMILES string of the molecule is Cc1ccc(-n2c(C)cc(C(=O)CN3CCN(CC(=O)N4CCOCC4)CC3)c2C)cc1. The molecule has 0 spiro atoms. The lowest BCUT2D eigenvalue weighted by atomic mass is 10.1. The maximum Gasteiger partial charge on any atom is 0.236 e. The molecule has 0 N–H and O–H groups in total. The summed E-state index contributed by atoms with van der Waals surface area (Å²) < 4.78 is 7.48. The van der Waals surface area contributed by atoms with Gasteiger partial charge < -0.3 is 14.2 Å². The van der Waals surface area contributed by atoms with Crippen molar-refractivity contribution in [2.75, 3.05) is 65.6 Å². The van der Waals surface area contributed by atoms with Gasteiger partial charge in [0.25, 0.3) is 0 Å². The van der Waals surface area contributed by atoms with Gasteiger partial charge in [0, 0.05) is 61.9 Å². The van der Waals surface area contributed by atoms with Crippen LogP contribution in [0.5, 0.6) is 0 Å². The van der Waals surface area contributed by atoms with Crippen molar-refractivity contribution in [2.45, 2.75) is 20.8 Å². The Bertz CT molecular complexity index is 952. The van der Waals surface area contributed by atoms with Crippen molar-refractivity contribution in [2.24, 2.45) is 0 Å². The van der Waals surface area contributed by atoms with E-state index < -0.39 is 0 Å². The van der Waals surface area contributed by atoms with Crippen LogP contribution in [0.4, 0.5) is 0 Å². The van der Waals surface area contributed by atoms with Crippen molar-refractivity contribution >= 4 is 11.7 Å². The Labute approximate surface area is 190 Å². The minimum atomic E-state index is 0.161. The molecule has 0 saturated carbocycles. The summed E-state index contributed by atoms with van der Waals surface area (Å²) in [5.74, 6) is 0.343. The molecule has 2 saturated heterocycles. The number of amides is 1. The number of benzene rings is 1. The van der Waals surface area contributed by atoms with E-state index in [1.807, 2.05) is 24.8 Å². The molecule has 32 heavy (non-hydrogen) atoms. The molecule has 0 bridgehead atoms. The number of hydrogen-bond acceptors (Lipinski definition) is 5. The molecule has 2 aliphatic rings. The lowest BCUT2D eigenvalue weighted by Crippen LogP contribution is -2.52. The van der Waals surface area contributed by atoms with Gasteiger partial charge in [-0.2, -0.15) is 0 Å². The molecule has 4 rings (SSSR count). The highest BCUT2D eigenvalue weighted by atomic mass is 16.5. The number of carbonyl (C=O) groups is 2. The Morgan fingerprint density at radius 1 is 0.844 bits per heavy atom. The van der Waals surface area contributed by atoms with Crippen LogP contribution < -0.4 is 0 Å². The summed E-state index contributed by atoms with van der Waals surface area (Å²) in [6.45, 7) is 12.9. The first kappa shape index (κ1) is 22.7. The lowest BCUT2D eigenvalue weighted by molar-refractivity contribution is -0.136. The van der Waals surface area contributed by atoms with Gasteiger partial charge >= 0.3 is 0 Å². The summed E-state index contributed by atoms with van der Waals surface area (Å²) in [4.78, 5) is 31.9. The first-order valence-corrected chi connectivity index (χ1v) is 11.5. The molecule has 0 atom stereocenters. The van der Waals surface area contributed by atoms with Crippen molar-refractivity contribution in [3.8, 4) is 5.69 Å². The molecular weight excluding hydrogens is 404 g/mol. The number of piperazine rings is 1. The molecular formula is C25H34N4O3. The second kappa shape index (κ2) is 9.98. The van der Waals surface area contributed by atoms with Gasteiger partial charge in [0.05, 0.1) is 26.3 Å². The highest BCUT2D eigenvalue weighted by Gasteiger charge is 2.25. The van der Waals surface area contributed by atoms with Crippen LogP contribution >= 0.6 is 0 Å². The van der Waals surface area contributed by atoms with Gasteiger partial charge in [0.15, 0.2) is 5.78 Å². The van der Waals surface area contributed by atoms with Gasteiger partial charge in [-0.25, -0.2) is 0 Å². The quantitative estimate of drug-likeness (QED) is 0.647. The Morgan fingerprint density at radius 2 is 1.44 bits per heavy atom. The normalized spacial score (nSPS) is 18.2. The van der Waals surface area contributed by atoms with E-state index in [1.165, 1.54) is 5.56 Å². The van der Waals surface area contributed by atoms with Crippen molar-refractivity contribution in [1.29, 1.82) is 0 Å². The average Bonchev–Trinajstić information content (AvgIpc) is 3.10. The predicted octanol–water partition coefficient (Wildman–Crippen LogP) is 2.06. The first-order valence-electron chi connectivity index (χ1n) is 11.5. The Morgan fingerprint density at radius 3 is 2.06 bits per heavy atom. The highest BCUT2D eigenvalue weighted by molar-refractivity contribution is 5.99. The molecule has 1 amide bonds. The summed E-state index contributed by atoms with van der Waals surface area (Å²) in [7, 11) is 0. The fourth-order valence-electron chi connectivity index (χ4n) is 4.63. The summed E-state index contributed by atoms with van der Waals surface area (Å²) in [6, 6.07) is 10.4. The summed E-state index contributed by atoms with van der Waals surface area (Å²) >= 11 is 0. The zero-order chi connectivity index (χ0) is 22.7. The molecule has 0 radical (unpaired) electrons. The van der Waals surface area contributed by atoms with E-state index in [9.17, 15) is 9.59 Å². The van der Waals surface area contributed by atoms with Crippen LogP contribution in [0.15, 0.2) is 30.3 Å². The van der Waals surface area contributed by atoms with Gasteiger partial charge in [-0.3, -0.25) is 19.4 Å². The average molecular weight is 439 g/mol. The number of aryl methyl sites for hydroxylation is 2. The molecule has 172 valence electrons. The largest absolute Gasteiger partial charge is 0.378 e. The van der Waals surface area contributed by atoms with Crippen LogP contribution in [-0.2, 0) is 9.53 Å². The van der Waals surface area contributed by atoms with Crippen LogP contribution in [0, 0.1) is 20.8 Å². The van der Waals surface area contributed by atoms with Crippen LogP contribution in [0.25, 0.3) is 5.69 Å². The number of carbonyl (C=O) groups excluding carboxylic acids is 2. The topological polar surface area (TPSA) is 58.0 Å². The van der Waals surface area contributed by atoms with Crippen LogP contribution in [-0.4, -0.2) is 96.5 Å². The van der Waals surface area contributed by atoms with Gasteiger partial charge in [0.2, 0.25) is 5.91 Å². The predicted molar refractivity (Wildman–Crippen MR) is 125 cm³/mol. The smallest absolute Gasteiger partial charge is 0.236 e. The monoisotopic (exact) mass is 438 g/mol. The van der Waals surface area contributed by atoms with E-state index in [-0.39, 0.29) is 11.7 Å². The highest BCUT2D eigenvalue weighted by Crippen LogP contribution is 2.22. The second-order valence-corrected chi connectivity index (χ2v) is 8.92. The Hall–Kier alpha value is -2.48. The number of aromatic nitrogens is 1. The van der Waals surface area contributed by atoms with E-state index in [4.69, 9.17) is 4.74 Å². The Balaban J connectivity index is 1.32. The lowest BCUT2D eigenvalue weighted by Gasteiger charge is -2.35. The number of morpholine rings is 1. The maximum absolute atomic E-state index is 13.1. The molecule has 2 fully saturated rings. The van der Waals surface area contributed by atoms with Gasteiger partial charge in [-0.1, -0.05) is 17.7 Å². The van der Waals surface area contributed by atoms with Gasteiger partial charge in [-0.15, -0.1) is 0 Å². The van der Waals surface area contributed by atoms with Crippen LogP contribution in [0.3, 0.4) is 0 Å². The molecule has 0 unspecified atom stereocenters. The summed E-state index contributed by atoms with van der Waals surface area (Å²) in [6.07, 6.45) is 0. The zero-order valence-electron chi connectivity index (χ0n) is 19.5. The van der Waals surface area contributed by atoms with E-state index >= 15 is 0 Å². The fourth-order valence-corrected chi connectivity index (χ4v) is 4.63.